The summed E-state index contributed by atoms with van der Waals surface area (Å²) in [4.78, 5) is 0. The minimum Gasteiger partial charge on any atom is -0.393 e. The molecule has 4 unspecified atom stereocenters. The lowest BCUT2D eigenvalue weighted by Crippen LogP contribution is -2.63. The highest BCUT2D eigenvalue weighted by Gasteiger charge is 2.66. The minimum atomic E-state index is -0.199. The van der Waals surface area contributed by atoms with Crippen LogP contribution in [0.25, 0.3) is 0 Å². The Morgan fingerprint density at radius 1 is 0.818 bits per heavy atom. The molecule has 6 heteroatoms. The van der Waals surface area contributed by atoms with E-state index in [-0.39, 0.29) is 23.0 Å². The first-order chi connectivity index (χ1) is 21.3. The number of unbranched alkanes of at least 4 members (excludes halogenated alkanes) is 5. The zero-order valence-electron chi connectivity index (χ0n) is 29.4. The van der Waals surface area contributed by atoms with Crippen molar-refractivity contribution in [1.29, 1.82) is 0 Å². The Balaban J connectivity index is 1.39. The van der Waals surface area contributed by atoms with E-state index in [2.05, 4.69) is 33.0 Å². The van der Waals surface area contributed by atoms with Gasteiger partial charge in [0.15, 0.2) is 0 Å². The summed E-state index contributed by atoms with van der Waals surface area (Å²) in [6, 6.07) is 0. The zero-order valence-corrected chi connectivity index (χ0v) is 29.4. The minimum absolute atomic E-state index is 0.133. The van der Waals surface area contributed by atoms with Crippen LogP contribution in [0.1, 0.15) is 137 Å². The quantitative estimate of drug-likeness (QED) is 0.109. The van der Waals surface area contributed by atoms with E-state index in [1.165, 1.54) is 77.2 Å². The molecule has 0 aromatic heterocycles. The van der Waals surface area contributed by atoms with Crippen molar-refractivity contribution in [3.63, 3.8) is 0 Å². The number of hydrogen-bond acceptors (Lipinski definition) is 6. The third kappa shape index (κ3) is 8.42. The number of fused-ring (bicyclic) bond motifs is 5. The van der Waals surface area contributed by atoms with E-state index in [0.717, 1.165) is 58.3 Å². The number of rotatable bonds is 20. The molecule has 4 saturated carbocycles. The van der Waals surface area contributed by atoms with Crippen molar-refractivity contribution in [1.82, 2.24) is 5.32 Å². The van der Waals surface area contributed by atoms with Gasteiger partial charge in [0, 0.05) is 18.6 Å². The Labute approximate surface area is 271 Å². The topological polar surface area (TPSA) is 103 Å². The van der Waals surface area contributed by atoms with E-state index in [0.29, 0.717) is 54.7 Å². The normalized spacial score (nSPS) is 39.1. The van der Waals surface area contributed by atoms with Gasteiger partial charge in [-0.3, -0.25) is 0 Å². The predicted molar refractivity (Wildman–Crippen MR) is 183 cm³/mol. The molecule has 0 heterocycles. The van der Waals surface area contributed by atoms with Gasteiger partial charge in [-0.2, -0.15) is 0 Å². The largest absolute Gasteiger partial charge is 0.393 e. The molecular formula is C38H73N3O3. The lowest BCUT2D eigenvalue weighted by molar-refractivity contribution is -0.219. The van der Waals surface area contributed by atoms with Gasteiger partial charge >= 0.3 is 0 Å². The van der Waals surface area contributed by atoms with Crippen molar-refractivity contribution < 1.29 is 14.6 Å². The van der Waals surface area contributed by atoms with E-state index in [9.17, 15) is 5.11 Å². The number of aliphatic hydroxyl groups is 1. The Morgan fingerprint density at radius 2 is 1.52 bits per heavy atom. The Bertz CT molecular complexity index is 814. The summed E-state index contributed by atoms with van der Waals surface area (Å²) in [6.07, 6.45) is 21.0. The summed E-state index contributed by atoms with van der Waals surface area (Å²) in [5.41, 5.74) is 12.1. The van der Waals surface area contributed by atoms with E-state index in [1.807, 2.05) is 0 Å². The van der Waals surface area contributed by atoms with E-state index >= 15 is 0 Å². The van der Waals surface area contributed by atoms with E-state index in [1.54, 1.807) is 0 Å². The maximum absolute atomic E-state index is 11.9. The molecular weight excluding hydrogens is 546 g/mol. The first-order valence-electron chi connectivity index (χ1n) is 19.3. The van der Waals surface area contributed by atoms with Crippen molar-refractivity contribution in [2.45, 2.75) is 155 Å². The zero-order chi connectivity index (χ0) is 31.6. The molecule has 0 bridgehead atoms. The van der Waals surface area contributed by atoms with Crippen LogP contribution in [0.3, 0.4) is 0 Å². The van der Waals surface area contributed by atoms with E-state index < -0.39 is 0 Å². The molecule has 4 fully saturated rings. The van der Waals surface area contributed by atoms with Crippen molar-refractivity contribution in [2.75, 3.05) is 39.4 Å². The fourth-order valence-corrected chi connectivity index (χ4v) is 11.0. The molecule has 6 nitrogen and oxygen atoms in total. The van der Waals surface area contributed by atoms with Crippen molar-refractivity contribution >= 4 is 0 Å². The predicted octanol–water partition coefficient (Wildman–Crippen LogP) is 7.06. The number of ether oxygens (including phenoxy) is 2. The van der Waals surface area contributed by atoms with Gasteiger partial charge < -0.3 is 31.4 Å². The maximum atomic E-state index is 11.9. The van der Waals surface area contributed by atoms with Gasteiger partial charge in [-0.1, -0.05) is 59.8 Å². The highest BCUT2D eigenvalue weighted by atomic mass is 16.5. The molecule has 0 saturated heterocycles. The summed E-state index contributed by atoms with van der Waals surface area (Å²) < 4.78 is 13.2. The van der Waals surface area contributed by atoms with Gasteiger partial charge in [0.2, 0.25) is 0 Å². The SMILES string of the molecule is CCCCCCCCNCCC[C@@H](C)[C@H]1CC[C@H]2C3[C@H](O)CC4C[C@H](OCCCN)CCC4(C)[C@H]3C[C@H](OCCCN)C12C. The first-order valence-corrected chi connectivity index (χ1v) is 19.3. The molecule has 0 aliphatic heterocycles. The molecule has 4 aliphatic rings. The molecule has 0 aromatic rings. The number of hydrogen-bond donors (Lipinski definition) is 4. The third-order valence-electron chi connectivity index (χ3n) is 13.6. The molecule has 0 radical (unpaired) electrons. The fourth-order valence-electron chi connectivity index (χ4n) is 11.0. The van der Waals surface area contributed by atoms with Crippen LogP contribution in [0.15, 0.2) is 0 Å². The second-order valence-electron chi connectivity index (χ2n) is 16.1. The Kier molecular flexibility index (Phi) is 14.8. The molecule has 0 aromatic carbocycles. The lowest BCUT2D eigenvalue weighted by Gasteiger charge is -2.64. The summed E-state index contributed by atoms with van der Waals surface area (Å²) >= 11 is 0. The molecule has 11 atom stereocenters. The van der Waals surface area contributed by atoms with Crippen LogP contribution in [0.5, 0.6) is 0 Å². The second kappa shape index (κ2) is 17.8. The third-order valence-corrected chi connectivity index (χ3v) is 13.6. The van der Waals surface area contributed by atoms with Crippen LogP contribution in [0, 0.1) is 46.3 Å². The molecule has 258 valence electrons. The maximum Gasteiger partial charge on any atom is 0.0637 e. The van der Waals surface area contributed by atoms with Crippen LogP contribution in [-0.4, -0.2) is 62.8 Å². The summed E-state index contributed by atoms with van der Waals surface area (Å²) in [5.74, 6) is 3.37. The van der Waals surface area contributed by atoms with Gasteiger partial charge in [-0.15, -0.1) is 0 Å². The van der Waals surface area contributed by atoms with Gasteiger partial charge in [0.05, 0.1) is 18.3 Å². The van der Waals surface area contributed by atoms with Crippen LogP contribution >= 0.6 is 0 Å². The van der Waals surface area contributed by atoms with Crippen LogP contribution in [0.2, 0.25) is 0 Å². The molecule has 4 rings (SSSR count). The average Bonchev–Trinajstić information content (AvgIpc) is 3.37. The van der Waals surface area contributed by atoms with Crippen LogP contribution in [0.4, 0.5) is 0 Å². The fraction of sp³-hybridized carbons (Fsp3) is 1.00. The molecule has 4 aliphatic carbocycles. The second-order valence-corrected chi connectivity index (χ2v) is 16.1. The smallest absolute Gasteiger partial charge is 0.0637 e. The molecule has 6 N–H and O–H groups in total. The Morgan fingerprint density at radius 3 is 2.27 bits per heavy atom. The summed E-state index contributed by atoms with van der Waals surface area (Å²) in [6.45, 7) is 15.2. The van der Waals surface area contributed by atoms with Crippen molar-refractivity contribution in [3.8, 4) is 0 Å². The summed E-state index contributed by atoms with van der Waals surface area (Å²) in [7, 11) is 0. The van der Waals surface area contributed by atoms with Gasteiger partial charge in [0.1, 0.15) is 0 Å². The van der Waals surface area contributed by atoms with Gasteiger partial charge in [-0.05, 0) is 144 Å². The Hall–Kier alpha value is -0.240. The highest BCUT2D eigenvalue weighted by Crippen LogP contribution is 2.69. The van der Waals surface area contributed by atoms with Gasteiger partial charge in [-0.25, -0.2) is 0 Å². The standard InChI is InChI=1S/C38H73N3O3/c1-5-6-7-8-9-10-21-41-22-11-14-28(2)31-15-16-32-36-33(27-35(38(31,32)4)44-24-13-20-40)37(3)18-17-30(43-23-12-19-39)25-29(37)26-34(36)42/h28-36,41-42H,5-27,39-40H2,1-4H3/t28-,29?,30-,31-,32+,33+,34-,35+,36?,37?,38?/m1/s1. The van der Waals surface area contributed by atoms with E-state index in [4.69, 9.17) is 20.9 Å². The van der Waals surface area contributed by atoms with Gasteiger partial charge in [0.25, 0.3) is 0 Å². The average molecular weight is 620 g/mol. The summed E-state index contributed by atoms with van der Waals surface area (Å²) in [5, 5.41) is 15.7. The monoisotopic (exact) mass is 620 g/mol. The van der Waals surface area contributed by atoms with Crippen molar-refractivity contribution in [2.24, 2.45) is 57.8 Å². The molecule has 0 amide bonds. The highest BCUT2D eigenvalue weighted by molar-refractivity contribution is 5.15. The van der Waals surface area contributed by atoms with Crippen LogP contribution < -0.4 is 16.8 Å². The number of nitrogens with two attached hydrogens (primary N) is 2. The number of nitrogens with one attached hydrogen (secondary N) is 1. The van der Waals surface area contributed by atoms with Crippen LogP contribution in [-0.2, 0) is 9.47 Å². The lowest BCUT2D eigenvalue weighted by atomic mass is 9.43. The first kappa shape index (κ1) is 36.6. The van der Waals surface area contributed by atoms with Crippen molar-refractivity contribution in [3.05, 3.63) is 0 Å². The number of aliphatic hydroxyl groups excluding tert-OH is 1. The molecule has 44 heavy (non-hydrogen) atoms. The molecule has 0 spiro atoms.